The first-order chi connectivity index (χ1) is 24.9. The number of ether oxygens (including phenoxy) is 6. The van der Waals surface area contributed by atoms with Crippen molar-refractivity contribution in [3.63, 3.8) is 0 Å². The number of aliphatic hydroxyl groups is 2. The first-order valence-corrected chi connectivity index (χ1v) is 19.4. The minimum absolute atomic E-state index is 0.00993. The Kier molecular flexibility index (Phi) is 36.4. The highest BCUT2D eigenvalue weighted by Crippen LogP contribution is 2.24. The van der Waals surface area contributed by atoms with Crippen LogP contribution in [0.4, 0.5) is 0 Å². The Labute approximate surface area is 307 Å². The monoisotopic (exact) mass is 736 g/mol. The van der Waals surface area contributed by atoms with Crippen molar-refractivity contribution < 1.29 is 53.0 Å². The molecule has 14 heteroatoms. The summed E-state index contributed by atoms with van der Waals surface area (Å²) in [7, 11) is 0. The van der Waals surface area contributed by atoms with Crippen LogP contribution in [-0.4, -0.2) is 140 Å². The zero-order valence-electron chi connectivity index (χ0n) is 32.0. The molecule has 0 aromatic heterocycles. The number of amides is 3. The molecule has 0 radical (unpaired) electrons. The summed E-state index contributed by atoms with van der Waals surface area (Å²) >= 11 is 0. The number of nitrogens with one attached hydrogen (secondary N) is 3. The highest BCUT2D eigenvalue weighted by molar-refractivity contribution is 5.76. The molecule has 3 amide bonds. The van der Waals surface area contributed by atoms with Crippen LogP contribution < -0.4 is 16.0 Å². The number of hydrogen-bond donors (Lipinski definition) is 5. The van der Waals surface area contributed by atoms with E-state index >= 15 is 0 Å². The minimum atomic E-state index is -0.389. The van der Waals surface area contributed by atoms with Crippen LogP contribution in [-0.2, 0) is 42.8 Å². The maximum atomic E-state index is 11.9. The first-order valence-electron chi connectivity index (χ1n) is 19.4. The lowest BCUT2D eigenvalue weighted by Gasteiger charge is -2.32. The van der Waals surface area contributed by atoms with Gasteiger partial charge >= 0.3 is 0 Å². The standard InChI is InChI=1S/C37H73N3O11/c1-3-5-6-9-14-34(43)38-17-22-46-25-28-49-31-37(4-2,32-50-29-26-47-23-18-39-35(44)15-10-7-12-20-41)33-51-30-27-48-24-19-40-36(45)16-11-8-13-21-42/h41-42H,3-33H2,1-2H3,(H,38,43)(H,39,44)(H,40,45). The smallest absolute Gasteiger partial charge is 0.220 e. The summed E-state index contributed by atoms with van der Waals surface area (Å²) in [4.78, 5) is 35.6. The molecule has 0 heterocycles. The molecule has 0 unspecified atom stereocenters. The lowest BCUT2D eigenvalue weighted by molar-refractivity contribution is -0.122. The number of unbranched alkanes of at least 4 members (excludes halogenated alkanes) is 7. The van der Waals surface area contributed by atoms with Crippen molar-refractivity contribution >= 4 is 17.7 Å². The fraction of sp³-hybridized carbons (Fsp3) is 0.919. The highest BCUT2D eigenvalue weighted by atomic mass is 16.5. The molecule has 51 heavy (non-hydrogen) atoms. The summed E-state index contributed by atoms with van der Waals surface area (Å²) in [6.45, 7) is 10.7. The summed E-state index contributed by atoms with van der Waals surface area (Å²) in [5.74, 6) is 0.0454. The quantitative estimate of drug-likeness (QED) is 0.0584. The van der Waals surface area contributed by atoms with Gasteiger partial charge in [-0.3, -0.25) is 14.4 Å². The maximum absolute atomic E-state index is 11.9. The Balaban J connectivity index is 4.41. The molecule has 0 aromatic carbocycles. The Hall–Kier alpha value is -1.91. The molecule has 0 aromatic rings. The van der Waals surface area contributed by atoms with Gasteiger partial charge in [0, 0.05) is 57.5 Å². The van der Waals surface area contributed by atoms with Crippen LogP contribution in [0, 0.1) is 5.41 Å². The molecule has 0 aliphatic rings. The van der Waals surface area contributed by atoms with Gasteiger partial charge < -0.3 is 54.6 Å². The Morgan fingerprint density at radius 1 is 0.451 bits per heavy atom. The fourth-order valence-corrected chi connectivity index (χ4v) is 4.87. The van der Waals surface area contributed by atoms with E-state index in [2.05, 4.69) is 29.8 Å². The molecule has 0 atom stereocenters. The third kappa shape index (κ3) is 33.7. The van der Waals surface area contributed by atoms with Crippen LogP contribution in [0.15, 0.2) is 0 Å². The predicted octanol–water partition coefficient (Wildman–Crippen LogP) is 2.91. The zero-order valence-corrected chi connectivity index (χ0v) is 32.0. The van der Waals surface area contributed by atoms with Crippen molar-refractivity contribution in [2.24, 2.45) is 5.41 Å². The van der Waals surface area contributed by atoms with E-state index < -0.39 is 0 Å². The lowest BCUT2D eigenvalue weighted by Crippen LogP contribution is -2.38. The van der Waals surface area contributed by atoms with Crippen molar-refractivity contribution in [3.8, 4) is 0 Å². The van der Waals surface area contributed by atoms with Crippen LogP contribution >= 0.6 is 0 Å². The van der Waals surface area contributed by atoms with Crippen molar-refractivity contribution in [1.29, 1.82) is 0 Å². The highest BCUT2D eigenvalue weighted by Gasteiger charge is 2.30. The van der Waals surface area contributed by atoms with Crippen LogP contribution in [0.25, 0.3) is 0 Å². The van der Waals surface area contributed by atoms with Gasteiger partial charge in [-0.1, -0.05) is 46.0 Å². The molecule has 0 aliphatic heterocycles. The molecular weight excluding hydrogens is 662 g/mol. The second-order valence-electron chi connectivity index (χ2n) is 12.8. The summed E-state index contributed by atoms with van der Waals surface area (Å²) in [5, 5.41) is 26.2. The molecule has 0 bridgehead atoms. The third-order valence-corrected chi connectivity index (χ3v) is 8.18. The molecule has 0 saturated carbocycles. The van der Waals surface area contributed by atoms with E-state index in [1.165, 1.54) is 0 Å². The average molecular weight is 736 g/mol. The molecule has 0 aliphatic carbocycles. The van der Waals surface area contributed by atoms with Gasteiger partial charge in [0.2, 0.25) is 17.7 Å². The van der Waals surface area contributed by atoms with Crippen molar-refractivity contribution in [3.05, 3.63) is 0 Å². The van der Waals surface area contributed by atoms with E-state index in [0.29, 0.717) is 118 Å². The van der Waals surface area contributed by atoms with Gasteiger partial charge in [0.25, 0.3) is 0 Å². The minimum Gasteiger partial charge on any atom is -0.396 e. The zero-order chi connectivity index (χ0) is 37.5. The molecule has 0 rings (SSSR count). The first kappa shape index (κ1) is 49.1. The SMILES string of the molecule is CCCCCCC(=O)NCCOCCOCC(CC)(COCCOCCNC(=O)CCCCCO)COCCOCCNC(=O)CCCCCO. The van der Waals surface area contributed by atoms with E-state index in [-0.39, 0.29) is 36.4 Å². The van der Waals surface area contributed by atoms with Gasteiger partial charge in [0.05, 0.1) is 79.3 Å². The van der Waals surface area contributed by atoms with Gasteiger partial charge in [0.1, 0.15) is 0 Å². The topological polar surface area (TPSA) is 183 Å². The summed E-state index contributed by atoms with van der Waals surface area (Å²) < 4.78 is 34.9. The third-order valence-electron chi connectivity index (χ3n) is 8.18. The Morgan fingerprint density at radius 2 is 0.784 bits per heavy atom. The number of hydrogen-bond acceptors (Lipinski definition) is 11. The number of carbonyl (C=O) groups is 3. The molecule has 0 fully saturated rings. The summed E-state index contributed by atoms with van der Waals surface area (Å²) in [5.41, 5.74) is -0.389. The molecule has 14 nitrogen and oxygen atoms in total. The lowest BCUT2D eigenvalue weighted by atomic mass is 9.88. The number of aliphatic hydroxyl groups excluding tert-OH is 2. The number of carbonyl (C=O) groups excluding carboxylic acids is 3. The largest absolute Gasteiger partial charge is 0.396 e. The molecule has 5 N–H and O–H groups in total. The second kappa shape index (κ2) is 37.8. The van der Waals surface area contributed by atoms with Crippen molar-refractivity contribution in [2.45, 2.75) is 104 Å². The van der Waals surface area contributed by atoms with Crippen LogP contribution in [0.5, 0.6) is 0 Å². The average Bonchev–Trinajstić information content (AvgIpc) is 3.13. The molecule has 0 spiro atoms. The van der Waals surface area contributed by atoms with E-state index in [4.69, 9.17) is 38.6 Å². The molecular formula is C37H73N3O11. The fourth-order valence-electron chi connectivity index (χ4n) is 4.87. The van der Waals surface area contributed by atoms with E-state index in [0.717, 1.165) is 70.6 Å². The summed E-state index contributed by atoms with van der Waals surface area (Å²) in [6.07, 6.45) is 11.2. The van der Waals surface area contributed by atoms with Crippen LogP contribution in [0.3, 0.4) is 0 Å². The van der Waals surface area contributed by atoms with E-state index in [1.807, 2.05) is 0 Å². The van der Waals surface area contributed by atoms with Gasteiger partial charge in [-0.15, -0.1) is 0 Å². The van der Waals surface area contributed by atoms with E-state index in [9.17, 15) is 14.4 Å². The normalized spacial score (nSPS) is 11.5. The summed E-state index contributed by atoms with van der Waals surface area (Å²) in [6, 6.07) is 0. The van der Waals surface area contributed by atoms with E-state index in [1.54, 1.807) is 0 Å². The van der Waals surface area contributed by atoms with Gasteiger partial charge in [0.15, 0.2) is 0 Å². The molecule has 0 saturated heterocycles. The predicted molar refractivity (Wildman–Crippen MR) is 197 cm³/mol. The maximum Gasteiger partial charge on any atom is 0.220 e. The van der Waals surface area contributed by atoms with Crippen LogP contribution in [0.2, 0.25) is 0 Å². The van der Waals surface area contributed by atoms with Crippen molar-refractivity contribution in [1.82, 2.24) is 16.0 Å². The van der Waals surface area contributed by atoms with Crippen LogP contribution in [0.1, 0.15) is 104 Å². The Morgan fingerprint density at radius 3 is 1.10 bits per heavy atom. The molecule has 302 valence electrons. The van der Waals surface area contributed by atoms with Gasteiger partial charge in [-0.2, -0.15) is 0 Å². The number of rotatable bonds is 40. The second-order valence-corrected chi connectivity index (χ2v) is 12.8. The van der Waals surface area contributed by atoms with Crippen molar-refractivity contribution in [2.75, 3.05) is 112 Å². The van der Waals surface area contributed by atoms with Gasteiger partial charge in [-0.25, -0.2) is 0 Å². The Bertz CT molecular complexity index is 710. The van der Waals surface area contributed by atoms with Gasteiger partial charge in [-0.05, 0) is 38.5 Å².